The minimum Gasteiger partial charge on any atom is -0.454 e. The molecule has 31 heavy (non-hydrogen) atoms. The van der Waals surface area contributed by atoms with Gasteiger partial charge in [-0.05, 0) is 37.1 Å². The molecule has 0 bridgehead atoms. The number of rotatable bonds is 5. The Labute approximate surface area is 190 Å². The summed E-state index contributed by atoms with van der Waals surface area (Å²) in [6.45, 7) is 0.520. The van der Waals surface area contributed by atoms with E-state index in [1.165, 1.54) is 10.4 Å². The predicted octanol–water partition coefficient (Wildman–Crippen LogP) is 3.76. The Kier molecular flexibility index (Phi) is 5.34. The number of thiophene rings is 1. The maximum Gasteiger partial charge on any atom is 0.286 e. The molecule has 2 aromatic heterocycles. The van der Waals surface area contributed by atoms with Crippen molar-refractivity contribution in [3.05, 3.63) is 44.7 Å². The van der Waals surface area contributed by atoms with Crippen LogP contribution in [0.3, 0.4) is 0 Å². The fourth-order valence-corrected chi connectivity index (χ4v) is 7.67. The number of ether oxygens (including phenoxy) is 2. The molecule has 1 amide bonds. The van der Waals surface area contributed by atoms with Crippen LogP contribution in [0.15, 0.2) is 34.5 Å². The van der Waals surface area contributed by atoms with Crippen molar-refractivity contribution >= 4 is 55.9 Å². The summed E-state index contributed by atoms with van der Waals surface area (Å²) in [5.41, 5.74) is 0.533. The summed E-state index contributed by atoms with van der Waals surface area (Å²) in [5.74, 6) is 0.738. The van der Waals surface area contributed by atoms with Gasteiger partial charge in [0.1, 0.15) is 9.22 Å². The van der Waals surface area contributed by atoms with Gasteiger partial charge in [-0.25, -0.2) is 8.42 Å². The van der Waals surface area contributed by atoms with Crippen molar-refractivity contribution in [1.82, 2.24) is 14.5 Å². The third-order valence-corrected chi connectivity index (χ3v) is 9.50. The molecule has 1 saturated heterocycles. The number of anilines is 1. The van der Waals surface area contributed by atoms with Gasteiger partial charge in [-0.3, -0.25) is 4.79 Å². The number of hydrogen-bond acceptors (Lipinski definition) is 9. The van der Waals surface area contributed by atoms with E-state index in [4.69, 9.17) is 21.1 Å². The summed E-state index contributed by atoms with van der Waals surface area (Å²) in [6.07, 6.45) is 1.30. The van der Waals surface area contributed by atoms with Crippen molar-refractivity contribution in [2.75, 3.05) is 18.7 Å². The van der Waals surface area contributed by atoms with Crippen molar-refractivity contribution < 1.29 is 22.7 Å². The van der Waals surface area contributed by atoms with Crippen LogP contribution in [-0.4, -0.2) is 42.2 Å². The second-order valence-electron chi connectivity index (χ2n) is 6.80. The zero-order valence-electron chi connectivity index (χ0n) is 15.8. The fourth-order valence-electron chi connectivity index (χ4n) is 3.45. The summed E-state index contributed by atoms with van der Waals surface area (Å²) in [7, 11) is -3.70. The van der Waals surface area contributed by atoms with E-state index < -0.39 is 22.0 Å². The van der Waals surface area contributed by atoms with Crippen molar-refractivity contribution in [2.24, 2.45) is 0 Å². The fraction of sp³-hybridized carbons (Fsp3) is 0.278. The number of hydrogen-bond donors (Lipinski definition) is 1. The van der Waals surface area contributed by atoms with Crippen LogP contribution >= 0.6 is 34.3 Å². The number of fused-ring (bicyclic) bond motifs is 1. The van der Waals surface area contributed by atoms with E-state index in [1.807, 2.05) is 0 Å². The molecular formula is C18H15ClN4O5S3. The van der Waals surface area contributed by atoms with E-state index in [2.05, 4.69) is 15.5 Å². The standard InChI is InChI=1S/C18H15ClN4O5S3/c19-14-5-6-15(29-14)31(25,26)23-7-1-2-11(23)17-21-22-18(30-17)16(24)20-10-3-4-12-13(8-10)28-9-27-12/h3-6,8,11H,1-2,7,9H2,(H,20,24)/t11-/m0/s1. The third kappa shape index (κ3) is 3.89. The van der Waals surface area contributed by atoms with E-state index in [1.54, 1.807) is 24.3 Å². The van der Waals surface area contributed by atoms with Crippen LogP contribution in [0.5, 0.6) is 11.5 Å². The molecule has 9 nitrogen and oxygen atoms in total. The molecule has 1 fully saturated rings. The quantitative estimate of drug-likeness (QED) is 0.570. The lowest BCUT2D eigenvalue weighted by Gasteiger charge is -2.21. The Balaban J connectivity index is 1.34. The Morgan fingerprint density at radius 2 is 2.00 bits per heavy atom. The number of carbonyl (C=O) groups excluding carboxylic acids is 1. The summed E-state index contributed by atoms with van der Waals surface area (Å²) < 4.78 is 38.7. The zero-order valence-corrected chi connectivity index (χ0v) is 19.0. The van der Waals surface area contributed by atoms with E-state index >= 15 is 0 Å². The Morgan fingerprint density at radius 3 is 2.81 bits per heavy atom. The van der Waals surface area contributed by atoms with Crippen LogP contribution in [0.2, 0.25) is 4.34 Å². The molecule has 1 atom stereocenters. The molecule has 3 aromatic rings. The predicted molar refractivity (Wildman–Crippen MR) is 116 cm³/mol. The van der Waals surface area contributed by atoms with Gasteiger partial charge in [0.05, 0.1) is 10.4 Å². The molecule has 0 saturated carbocycles. The first kappa shape index (κ1) is 20.6. The average Bonchev–Trinajstić information content (AvgIpc) is 3.52. The molecule has 1 N–H and O–H groups in total. The first-order valence-corrected chi connectivity index (χ1v) is 12.7. The van der Waals surface area contributed by atoms with Crippen LogP contribution in [-0.2, 0) is 10.0 Å². The highest BCUT2D eigenvalue weighted by Crippen LogP contribution is 2.40. The van der Waals surface area contributed by atoms with Gasteiger partial charge in [-0.2, -0.15) is 4.31 Å². The van der Waals surface area contributed by atoms with Crippen molar-refractivity contribution in [2.45, 2.75) is 23.1 Å². The van der Waals surface area contributed by atoms with Crippen LogP contribution in [0.25, 0.3) is 0 Å². The van der Waals surface area contributed by atoms with Gasteiger partial charge in [0.25, 0.3) is 15.9 Å². The van der Waals surface area contributed by atoms with E-state index in [9.17, 15) is 13.2 Å². The number of aromatic nitrogens is 2. The van der Waals surface area contributed by atoms with Crippen molar-refractivity contribution in [1.29, 1.82) is 0 Å². The summed E-state index contributed by atoms with van der Waals surface area (Å²) in [5, 5.41) is 11.5. The molecule has 0 unspecified atom stereocenters. The first-order valence-electron chi connectivity index (χ1n) is 9.23. The second-order valence-corrected chi connectivity index (χ2v) is 11.6. The number of carbonyl (C=O) groups is 1. The number of benzene rings is 1. The Bertz CT molecular complexity index is 1260. The van der Waals surface area contributed by atoms with Crippen LogP contribution in [0.4, 0.5) is 5.69 Å². The largest absolute Gasteiger partial charge is 0.454 e. The van der Waals surface area contributed by atoms with Gasteiger partial charge >= 0.3 is 0 Å². The smallest absolute Gasteiger partial charge is 0.286 e. The zero-order chi connectivity index (χ0) is 21.6. The van der Waals surface area contributed by atoms with E-state index in [0.29, 0.717) is 45.9 Å². The molecule has 1 aromatic carbocycles. The first-order chi connectivity index (χ1) is 14.9. The molecular weight excluding hydrogens is 484 g/mol. The SMILES string of the molecule is O=C(Nc1ccc2c(c1)OCO2)c1nnc([C@@H]2CCCN2S(=O)(=O)c2ccc(Cl)s2)s1. The number of nitrogens with zero attached hydrogens (tertiary/aromatic N) is 3. The van der Waals surface area contributed by atoms with Crippen molar-refractivity contribution in [3.8, 4) is 11.5 Å². The number of nitrogens with one attached hydrogen (secondary N) is 1. The monoisotopic (exact) mass is 498 g/mol. The Morgan fingerprint density at radius 1 is 1.16 bits per heavy atom. The number of sulfonamides is 1. The van der Waals surface area contributed by atoms with Crippen LogP contribution in [0.1, 0.15) is 33.7 Å². The highest BCUT2D eigenvalue weighted by molar-refractivity contribution is 7.91. The lowest BCUT2D eigenvalue weighted by molar-refractivity contribution is 0.102. The molecule has 4 heterocycles. The van der Waals surface area contributed by atoms with E-state index in [0.717, 1.165) is 22.7 Å². The highest BCUT2D eigenvalue weighted by atomic mass is 35.5. The lowest BCUT2D eigenvalue weighted by Crippen LogP contribution is -2.30. The number of amides is 1. The van der Waals surface area contributed by atoms with Gasteiger partial charge in [0.2, 0.25) is 11.8 Å². The summed E-state index contributed by atoms with van der Waals surface area (Å²) >= 11 is 8.02. The minimum absolute atomic E-state index is 0.144. The minimum atomic E-state index is -3.70. The molecule has 5 rings (SSSR count). The summed E-state index contributed by atoms with van der Waals surface area (Å²) in [6, 6.07) is 7.68. The molecule has 0 radical (unpaired) electrons. The molecule has 2 aliphatic heterocycles. The second kappa shape index (κ2) is 8.02. The highest BCUT2D eigenvalue weighted by Gasteiger charge is 2.39. The number of halogens is 1. The third-order valence-electron chi connectivity index (χ3n) is 4.87. The molecule has 0 aliphatic carbocycles. The average molecular weight is 499 g/mol. The molecule has 0 spiro atoms. The lowest BCUT2D eigenvalue weighted by atomic mass is 10.2. The normalized spacial score (nSPS) is 18.4. The van der Waals surface area contributed by atoms with E-state index in [-0.39, 0.29) is 16.0 Å². The van der Waals surface area contributed by atoms with Gasteiger partial charge in [-0.1, -0.05) is 22.9 Å². The molecule has 13 heteroatoms. The maximum atomic E-state index is 13.0. The topological polar surface area (TPSA) is 111 Å². The molecule has 162 valence electrons. The van der Waals surface area contributed by atoms with Gasteiger partial charge in [0.15, 0.2) is 11.5 Å². The summed E-state index contributed by atoms with van der Waals surface area (Å²) in [4.78, 5) is 12.6. The van der Waals surface area contributed by atoms with Crippen molar-refractivity contribution in [3.63, 3.8) is 0 Å². The van der Waals surface area contributed by atoms with Gasteiger partial charge in [0, 0.05) is 18.3 Å². The van der Waals surface area contributed by atoms with Crippen LogP contribution < -0.4 is 14.8 Å². The van der Waals surface area contributed by atoms with Gasteiger partial charge in [-0.15, -0.1) is 21.5 Å². The molecule has 2 aliphatic rings. The maximum absolute atomic E-state index is 13.0. The Hall–Kier alpha value is -2.25. The van der Waals surface area contributed by atoms with Gasteiger partial charge < -0.3 is 14.8 Å². The van der Waals surface area contributed by atoms with Crippen LogP contribution in [0, 0.1) is 0 Å².